The van der Waals surface area contributed by atoms with Gasteiger partial charge in [-0.1, -0.05) is 34.6 Å². The maximum atomic E-state index is 11.0. The van der Waals surface area contributed by atoms with Gasteiger partial charge in [-0.05, 0) is 111 Å². The van der Waals surface area contributed by atoms with Crippen LogP contribution < -0.4 is 0 Å². The second kappa shape index (κ2) is 6.58. The molecule has 2 saturated heterocycles. The summed E-state index contributed by atoms with van der Waals surface area (Å²) in [6.07, 6.45) is 9.25. The quantitative estimate of drug-likeness (QED) is 0.528. The smallest absolute Gasteiger partial charge is 0.195 e. The highest BCUT2D eigenvalue weighted by molar-refractivity contribution is 5.22. The predicted octanol–water partition coefficient (Wildman–Crippen LogP) is 5.69. The number of hydrogen-bond acceptors (Lipinski definition) is 4. The highest BCUT2D eigenvalue weighted by atomic mass is 16.7. The van der Waals surface area contributed by atoms with E-state index in [9.17, 15) is 10.2 Å². The Kier molecular flexibility index (Phi) is 4.64. The van der Waals surface area contributed by atoms with Crippen LogP contribution in [0.4, 0.5) is 0 Å². The first-order chi connectivity index (χ1) is 15.2. The van der Waals surface area contributed by atoms with E-state index in [1.807, 2.05) is 6.92 Å². The molecule has 6 rings (SSSR count). The van der Waals surface area contributed by atoms with Crippen LogP contribution in [0.5, 0.6) is 0 Å². The number of hydrogen-bond donors (Lipinski definition) is 2. The van der Waals surface area contributed by atoms with Gasteiger partial charge >= 0.3 is 0 Å². The van der Waals surface area contributed by atoms with E-state index in [1.54, 1.807) is 0 Å². The van der Waals surface area contributed by atoms with Gasteiger partial charge in [-0.15, -0.1) is 0 Å². The Bertz CT molecular complexity index is 839. The van der Waals surface area contributed by atoms with E-state index in [0.717, 1.165) is 32.1 Å². The third-order valence-corrected chi connectivity index (χ3v) is 13.5. The fourth-order valence-electron chi connectivity index (χ4n) is 11.4. The summed E-state index contributed by atoms with van der Waals surface area (Å²) < 4.78 is 13.8. The van der Waals surface area contributed by atoms with Crippen molar-refractivity contribution in [1.82, 2.24) is 0 Å². The molecule has 0 spiro atoms. The molecule has 4 nitrogen and oxygen atoms in total. The van der Waals surface area contributed by atoms with E-state index in [4.69, 9.17) is 9.47 Å². The third-order valence-electron chi connectivity index (χ3n) is 13.5. The topological polar surface area (TPSA) is 58.9 Å². The summed E-state index contributed by atoms with van der Waals surface area (Å²) in [4.78, 5) is 0. The van der Waals surface area contributed by atoms with Crippen LogP contribution in [0.1, 0.15) is 106 Å². The Labute approximate surface area is 201 Å². The Morgan fingerprint density at radius 3 is 2.21 bits per heavy atom. The summed E-state index contributed by atoms with van der Waals surface area (Å²) >= 11 is 0. The van der Waals surface area contributed by atoms with E-state index >= 15 is 0 Å². The molecule has 0 aromatic heterocycles. The fraction of sp³-hybridized carbons (Fsp3) is 1.00. The largest absolute Gasteiger partial charge is 0.393 e. The standard InChI is InChI=1S/C29H48O4/c1-17(30)29-15-14-28(7,33-29)18-8-12-27(6)23(18)19(32-29)16-21-25(4)11-10-22(31)24(2,3)20(25)9-13-26(21,27)5/h17-23,30-31H,8-16H2,1-7H3. The molecular weight excluding hydrogens is 412 g/mol. The van der Waals surface area contributed by atoms with Gasteiger partial charge in [0.1, 0.15) is 6.10 Å². The maximum Gasteiger partial charge on any atom is 0.195 e. The number of fused-ring (bicyclic) bond motifs is 7. The molecule has 12 atom stereocenters. The van der Waals surface area contributed by atoms with Gasteiger partial charge in [-0.3, -0.25) is 0 Å². The average Bonchev–Trinajstić information content (AvgIpc) is 3.24. The van der Waals surface area contributed by atoms with Crippen molar-refractivity contribution < 1.29 is 19.7 Å². The molecular formula is C29H48O4. The van der Waals surface area contributed by atoms with Crippen molar-refractivity contribution in [3.8, 4) is 0 Å². The molecule has 4 heteroatoms. The molecule has 2 heterocycles. The first-order valence-electron chi connectivity index (χ1n) is 14.0. The van der Waals surface area contributed by atoms with Crippen LogP contribution in [0.2, 0.25) is 0 Å². The SMILES string of the molecule is CC(O)C12CCC(C)(O1)C1CCC3(C)C1C(CC1C4(C)CCC(O)C(C)(C)C4CCC13C)O2. The number of ether oxygens (including phenoxy) is 2. The zero-order valence-electron chi connectivity index (χ0n) is 22.1. The average molecular weight is 461 g/mol. The first-order valence-corrected chi connectivity index (χ1v) is 14.0. The maximum absolute atomic E-state index is 11.0. The van der Waals surface area contributed by atoms with Crippen molar-refractivity contribution in [1.29, 1.82) is 0 Å². The van der Waals surface area contributed by atoms with E-state index < -0.39 is 11.9 Å². The molecule has 0 radical (unpaired) electrons. The molecule has 0 amide bonds. The Hall–Kier alpha value is -0.160. The molecule has 33 heavy (non-hydrogen) atoms. The van der Waals surface area contributed by atoms with Gasteiger partial charge in [-0.25, -0.2) is 0 Å². The zero-order valence-corrected chi connectivity index (χ0v) is 22.1. The van der Waals surface area contributed by atoms with Crippen LogP contribution in [0, 0.1) is 45.3 Å². The lowest BCUT2D eigenvalue weighted by molar-refractivity contribution is -0.314. The monoisotopic (exact) mass is 460 g/mol. The number of rotatable bonds is 1. The molecule has 2 aliphatic heterocycles. The van der Waals surface area contributed by atoms with E-state index in [1.165, 1.54) is 25.7 Å². The van der Waals surface area contributed by atoms with Crippen molar-refractivity contribution in [3.05, 3.63) is 0 Å². The van der Waals surface area contributed by atoms with Gasteiger partial charge in [0.2, 0.25) is 0 Å². The molecule has 2 N–H and O–H groups in total. The van der Waals surface area contributed by atoms with E-state index in [0.29, 0.717) is 23.7 Å². The molecule has 12 unspecified atom stereocenters. The molecule has 188 valence electrons. The first kappa shape index (κ1) is 23.3. The fourth-order valence-corrected chi connectivity index (χ4v) is 11.4. The second-order valence-electron chi connectivity index (χ2n) is 14.8. The molecule has 4 saturated carbocycles. The molecule has 6 fully saturated rings. The number of aliphatic hydroxyl groups excluding tert-OH is 2. The van der Waals surface area contributed by atoms with Crippen molar-refractivity contribution in [2.75, 3.05) is 0 Å². The van der Waals surface area contributed by atoms with Crippen LogP contribution in [-0.4, -0.2) is 39.9 Å². The van der Waals surface area contributed by atoms with E-state index in [2.05, 4.69) is 41.5 Å². The van der Waals surface area contributed by atoms with Crippen LogP contribution in [0.3, 0.4) is 0 Å². The minimum absolute atomic E-state index is 0.0366. The summed E-state index contributed by atoms with van der Waals surface area (Å²) in [7, 11) is 0. The van der Waals surface area contributed by atoms with Crippen molar-refractivity contribution in [3.63, 3.8) is 0 Å². The Morgan fingerprint density at radius 1 is 0.818 bits per heavy atom. The minimum atomic E-state index is -0.838. The summed E-state index contributed by atoms with van der Waals surface area (Å²) in [6.45, 7) is 16.6. The molecule has 6 aliphatic rings. The molecule has 0 aromatic rings. The summed E-state index contributed by atoms with van der Waals surface area (Å²) in [5, 5.41) is 21.8. The van der Waals surface area contributed by atoms with Gasteiger partial charge < -0.3 is 19.7 Å². The lowest BCUT2D eigenvalue weighted by Gasteiger charge is -2.70. The third kappa shape index (κ3) is 2.58. The van der Waals surface area contributed by atoms with Crippen LogP contribution in [-0.2, 0) is 9.47 Å². The second-order valence-corrected chi connectivity index (χ2v) is 14.8. The van der Waals surface area contributed by atoms with Crippen LogP contribution in [0.25, 0.3) is 0 Å². The lowest BCUT2D eigenvalue weighted by atomic mass is 9.35. The highest BCUT2D eigenvalue weighted by Crippen LogP contribution is 2.77. The lowest BCUT2D eigenvalue weighted by Crippen LogP contribution is -2.67. The highest BCUT2D eigenvalue weighted by Gasteiger charge is 2.74. The Morgan fingerprint density at radius 2 is 1.52 bits per heavy atom. The van der Waals surface area contributed by atoms with Crippen molar-refractivity contribution in [2.45, 2.75) is 136 Å². The molecule has 2 bridgehead atoms. The normalized spacial score (nSPS) is 62.1. The van der Waals surface area contributed by atoms with Crippen molar-refractivity contribution >= 4 is 0 Å². The molecule has 4 aliphatic carbocycles. The summed E-state index contributed by atoms with van der Waals surface area (Å²) in [5.74, 6) is 1.31. The van der Waals surface area contributed by atoms with Crippen molar-refractivity contribution in [2.24, 2.45) is 45.3 Å². The number of aliphatic hydroxyl groups is 2. The summed E-state index contributed by atoms with van der Waals surface area (Å²) in [5.41, 5.74) is 0.518. The van der Waals surface area contributed by atoms with Gasteiger partial charge in [0.15, 0.2) is 5.79 Å². The van der Waals surface area contributed by atoms with E-state index in [-0.39, 0.29) is 39.5 Å². The van der Waals surface area contributed by atoms with Crippen LogP contribution in [0.15, 0.2) is 0 Å². The Balaban J connectivity index is 1.46. The van der Waals surface area contributed by atoms with Gasteiger partial charge in [0.05, 0.1) is 17.8 Å². The van der Waals surface area contributed by atoms with Gasteiger partial charge in [-0.2, -0.15) is 0 Å². The predicted molar refractivity (Wildman–Crippen MR) is 128 cm³/mol. The van der Waals surface area contributed by atoms with Gasteiger partial charge in [0, 0.05) is 6.42 Å². The van der Waals surface area contributed by atoms with Gasteiger partial charge in [0.25, 0.3) is 0 Å². The molecule has 0 aromatic carbocycles. The summed E-state index contributed by atoms with van der Waals surface area (Å²) in [6, 6.07) is 0. The zero-order chi connectivity index (χ0) is 23.8. The minimum Gasteiger partial charge on any atom is -0.393 e. The van der Waals surface area contributed by atoms with Crippen LogP contribution >= 0.6 is 0 Å².